The van der Waals surface area contributed by atoms with Crippen molar-refractivity contribution in [3.05, 3.63) is 24.3 Å². The van der Waals surface area contributed by atoms with Gasteiger partial charge in [-0.15, -0.1) is 0 Å². The van der Waals surface area contributed by atoms with Gasteiger partial charge in [-0.25, -0.2) is 8.42 Å². The number of rotatable bonds is 3. The first kappa shape index (κ1) is 13.4. The smallest absolute Gasteiger partial charge is 0.245 e. The topological polar surface area (TPSA) is 49.4 Å². The molecule has 1 saturated heterocycles. The van der Waals surface area contributed by atoms with Crippen LogP contribution in [0.15, 0.2) is 29.2 Å². The van der Waals surface area contributed by atoms with Crippen LogP contribution in [0.3, 0.4) is 0 Å². The average Bonchev–Trinajstić information content (AvgIpc) is 2.69. The van der Waals surface area contributed by atoms with E-state index in [9.17, 15) is 8.42 Å². The van der Waals surface area contributed by atoms with Crippen LogP contribution >= 0.6 is 0 Å². The summed E-state index contributed by atoms with van der Waals surface area (Å²) >= 11 is 0. The van der Waals surface area contributed by atoms with E-state index in [0.29, 0.717) is 17.1 Å². The highest BCUT2D eigenvalue weighted by Gasteiger charge is 2.41. The van der Waals surface area contributed by atoms with Crippen LogP contribution in [-0.2, 0) is 10.0 Å². The van der Waals surface area contributed by atoms with E-state index in [1.54, 1.807) is 29.6 Å². The van der Waals surface area contributed by atoms with Crippen molar-refractivity contribution in [2.75, 3.05) is 18.9 Å². The van der Waals surface area contributed by atoms with Gasteiger partial charge in [-0.2, -0.15) is 4.31 Å². The summed E-state index contributed by atoms with van der Waals surface area (Å²) in [6.07, 6.45) is 1.84. The molecule has 0 aliphatic carbocycles. The minimum absolute atomic E-state index is 0.292. The summed E-state index contributed by atoms with van der Waals surface area (Å²) < 4.78 is 27.1. The number of benzene rings is 1. The third-order valence-electron chi connectivity index (χ3n) is 3.55. The lowest BCUT2D eigenvalue weighted by molar-refractivity contribution is 0.292. The Morgan fingerprint density at radius 2 is 1.94 bits per heavy atom. The van der Waals surface area contributed by atoms with E-state index in [4.69, 9.17) is 0 Å². The molecular formula is C13H20N2O2S. The van der Waals surface area contributed by atoms with Crippen molar-refractivity contribution in [3.8, 4) is 0 Å². The molecule has 0 atom stereocenters. The van der Waals surface area contributed by atoms with Crippen molar-refractivity contribution < 1.29 is 8.42 Å². The molecule has 100 valence electrons. The summed E-state index contributed by atoms with van der Waals surface area (Å²) in [5.41, 5.74) is 0.361. The Morgan fingerprint density at radius 3 is 2.50 bits per heavy atom. The van der Waals surface area contributed by atoms with Gasteiger partial charge in [-0.1, -0.05) is 12.1 Å². The molecule has 0 unspecified atom stereocenters. The monoisotopic (exact) mass is 268 g/mol. The summed E-state index contributed by atoms with van der Waals surface area (Å²) in [6, 6.07) is 7.04. The van der Waals surface area contributed by atoms with Crippen molar-refractivity contribution in [2.24, 2.45) is 0 Å². The van der Waals surface area contributed by atoms with Crippen LogP contribution < -0.4 is 5.32 Å². The summed E-state index contributed by atoms with van der Waals surface area (Å²) in [5, 5.41) is 2.95. The molecule has 4 nitrogen and oxygen atoms in total. The van der Waals surface area contributed by atoms with Gasteiger partial charge in [-0.05, 0) is 38.8 Å². The molecule has 1 heterocycles. The fourth-order valence-electron chi connectivity index (χ4n) is 2.54. The molecule has 0 spiro atoms. The van der Waals surface area contributed by atoms with Crippen LogP contribution in [0.2, 0.25) is 0 Å². The molecule has 0 amide bonds. The van der Waals surface area contributed by atoms with E-state index in [-0.39, 0.29) is 5.54 Å². The fourth-order valence-corrected chi connectivity index (χ4v) is 4.59. The second-order valence-electron chi connectivity index (χ2n) is 5.24. The maximum absolute atomic E-state index is 12.7. The van der Waals surface area contributed by atoms with E-state index in [2.05, 4.69) is 5.32 Å². The molecule has 1 fully saturated rings. The summed E-state index contributed by atoms with van der Waals surface area (Å²) in [7, 11) is -1.68. The molecular weight excluding hydrogens is 248 g/mol. The van der Waals surface area contributed by atoms with Crippen molar-refractivity contribution in [3.63, 3.8) is 0 Å². The SMILES string of the molecule is CNc1ccccc1S(=O)(=O)N1CCCC1(C)C. The van der Waals surface area contributed by atoms with Gasteiger partial charge in [0.1, 0.15) is 4.90 Å². The minimum atomic E-state index is -3.42. The third-order valence-corrected chi connectivity index (χ3v) is 5.72. The lowest BCUT2D eigenvalue weighted by atomic mass is 10.0. The Bertz CT molecular complexity index is 538. The maximum Gasteiger partial charge on any atom is 0.245 e. The zero-order valence-corrected chi connectivity index (χ0v) is 11.9. The number of para-hydroxylation sites is 1. The van der Waals surface area contributed by atoms with E-state index >= 15 is 0 Å². The first-order chi connectivity index (χ1) is 8.39. The van der Waals surface area contributed by atoms with Crippen LogP contribution in [0, 0.1) is 0 Å². The Morgan fingerprint density at radius 1 is 1.28 bits per heavy atom. The highest BCUT2D eigenvalue weighted by atomic mass is 32.2. The first-order valence-corrected chi connectivity index (χ1v) is 7.63. The van der Waals surface area contributed by atoms with Gasteiger partial charge in [0.15, 0.2) is 0 Å². The van der Waals surface area contributed by atoms with E-state index in [1.807, 2.05) is 19.9 Å². The summed E-state index contributed by atoms with van der Waals surface area (Å²) in [4.78, 5) is 0.363. The summed E-state index contributed by atoms with van der Waals surface area (Å²) in [6.45, 7) is 4.58. The number of nitrogens with one attached hydrogen (secondary N) is 1. The van der Waals surface area contributed by atoms with Gasteiger partial charge < -0.3 is 5.32 Å². The van der Waals surface area contributed by atoms with E-state index < -0.39 is 10.0 Å². The van der Waals surface area contributed by atoms with Crippen LogP contribution in [0.4, 0.5) is 5.69 Å². The van der Waals surface area contributed by atoms with Crippen molar-refractivity contribution >= 4 is 15.7 Å². The molecule has 0 radical (unpaired) electrons. The van der Waals surface area contributed by atoms with Crippen LogP contribution in [0.25, 0.3) is 0 Å². The Balaban J connectivity index is 2.49. The molecule has 1 aliphatic heterocycles. The lowest BCUT2D eigenvalue weighted by Gasteiger charge is -2.31. The van der Waals surface area contributed by atoms with Gasteiger partial charge in [0.25, 0.3) is 0 Å². The largest absolute Gasteiger partial charge is 0.387 e. The molecule has 0 bridgehead atoms. The van der Waals surface area contributed by atoms with Gasteiger partial charge in [-0.3, -0.25) is 0 Å². The standard InChI is InChI=1S/C13H20N2O2S/c1-13(2)9-6-10-15(13)18(16,17)12-8-5-4-7-11(12)14-3/h4-5,7-8,14H,6,9-10H2,1-3H3. The molecule has 5 heteroatoms. The second-order valence-corrected chi connectivity index (χ2v) is 7.07. The van der Waals surface area contributed by atoms with Crippen LogP contribution in [0.5, 0.6) is 0 Å². The van der Waals surface area contributed by atoms with Crippen LogP contribution in [0.1, 0.15) is 26.7 Å². The van der Waals surface area contributed by atoms with Gasteiger partial charge >= 0.3 is 0 Å². The van der Waals surface area contributed by atoms with E-state index in [1.165, 1.54) is 0 Å². The zero-order chi connectivity index (χ0) is 13.4. The Labute approximate surface area is 109 Å². The predicted octanol–water partition coefficient (Wildman–Crippen LogP) is 2.29. The molecule has 1 N–H and O–H groups in total. The number of hydrogen-bond donors (Lipinski definition) is 1. The third kappa shape index (κ3) is 2.12. The number of anilines is 1. The Kier molecular flexibility index (Phi) is 3.38. The number of sulfonamides is 1. The van der Waals surface area contributed by atoms with Crippen molar-refractivity contribution in [1.29, 1.82) is 0 Å². The number of nitrogens with zero attached hydrogens (tertiary/aromatic N) is 1. The lowest BCUT2D eigenvalue weighted by Crippen LogP contribution is -2.42. The highest BCUT2D eigenvalue weighted by Crippen LogP contribution is 2.35. The zero-order valence-electron chi connectivity index (χ0n) is 11.1. The quantitative estimate of drug-likeness (QED) is 0.915. The molecule has 2 rings (SSSR count). The van der Waals surface area contributed by atoms with Crippen LogP contribution in [-0.4, -0.2) is 31.9 Å². The predicted molar refractivity (Wildman–Crippen MR) is 73.2 cm³/mol. The number of hydrogen-bond acceptors (Lipinski definition) is 3. The van der Waals surface area contributed by atoms with Gasteiger partial charge in [0, 0.05) is 19.1 Å². The molecule has 1 aromatic carbocycles. The molecule has 0 saturated carbocycles. The average molecular weight is 268 g/mol. The van der Waals surface area contributed by atoms with Gasteiger partial charge in [0.05, 0.1) is 5.69 Å². The maximum atomic E-state index is 12.7. The molecule has 1 aromatic rings. The molecule has 1 aliphatic rings. The normalized spacial score (nSPS) is 19.9. The Hall–Kier alpha value is -1.07. The minimum Gasteiger partial charge on any atom is -0.387 e. The summed E-state index contributed by atoms with van der Waals surface area (Å²) in [5.74, 6) is 0. The molecule has 0 aromatic heterocycles. The first-order valence-electron chi connectivity index (χ1n) is 6.19. The van der Waals surface area contributed by atoms with Crippen molar-refractivity contribution in [1.82, 2.24) is 4.31 Å². The fraction of sp³-hybridized carbons (Fsp3) is 0.538. The van der Waals surface area contributed by atoms with Crippen molar-refractivity contribution in [2.45, 2.75) is 37.1 Å². The second kappa shape index (κ2) is 4.55. The van der Waals surface area contributed by atoms with E-state index in [0.717, 1.165) is 12.8 Å². The van der Waals surface area contributed by atoms with Gasteiger partial charge in [0.2, 0.25) is 10.0 Å². The molecule has 18 heavy (non-hydrogen) atoms. The highest BCUT2D eigenvalue weighted by molar-refractivity contribution is 7.89.